The number of carbonyl (C=O) groups excluding carboxylic acids is 2. The van der Waals surface area contributed by atoms with Crippen molar-refractivity contribution < 1.29 is 14.3 Å². The van der Waals surface area contributed by atoms with Gasteiger partial charge in [-0.15, -0.1) is 0 Å². The molecular weight excluding hydrogens is 246 g/mol. The first-order valence-electron chi connectivity index (χ1n) is 6.58. The van der Waals surface area contributed by atoms with E-state index in [4.69, 9.17) is 16.2 Å². The predicted molar refractivity (Wildman–Crippen MR) is 74.3 cm³/mol. The number of hydrogen-bond donors (Lipinski definition) is 3. The summed E-state index contributed by atoms with van der Waals surface area (Å²) in [5, 5.41) is 2.66. The molecule has 0 aromatic rings. The van der Waals surface area contributed by atoms with Gasteiger partial charge < -0.3 is 21.5 Å². The summed E-state index contributed by atoms with van der Waals surface area (Å²) in [6.45, 7) is 6.15. The van der Waals surface area contributed by atoms with Gasteiger partial charge in [0.25, 0.3) is 0 Å². The average molecular weight is 273 g/mol. The third-order valence-corrected chi connectivity index (χ3v) is 2.90. The molecule has 1 amide bonds. The van der Waals surface area contributed by atoms with Crippen molar-refractivity contribution in [2.75, 3.05) is 13.7 Å². The van der Waals surface area contributed by atoms with Gasteiger partial charge in [-0.25, -0.2) is 4.79 Å². The SMILES string of the molecule is COC(=O)[C@@H](NC(=O)[C@@H](N)CCCCN)C(C)(C)C. The molecule has 0 aromatic carbocycles. The Hall–Kier alpha value is -1.14. The number of methoxy groups -OCH3 is 1. The summed E-state index contributed by atoms with van der Waals surface area (Å²) in [4.78, 5) is 23.6. The van der Waals surface area contributed by atoms with Crippen molar-refractivity contribution >= 4 is 11.9 Å². The summed E-state index contributed by atoms with van der Waals surface area (Å²) in [6.07, 6.45) is 2.19. The maximum atomic E-state index is 11.9. The minimum atomic E-state index is -0.703. The highest BCUT2D eigenvalue weighted by molar-refractivity contribution is 5.87. The van der Waals surface area contributed by atoms with Gasteiger partial charge in [-0.1, -0.05) is 27.2 Å². The van der Waals surface area contributed by atoms with Crippen LogP contribution in [-0.4, -0.2) is 37.6 Å². The van der Waals surface area contributed by atoms with Crippen molar-refractivity contribution in [1.29, 1.82) is 0 Å². The number of rotatable bonds is 7. The zero-order chi connectivity index (χ0) is 15.1. The number of ether oxygens (including phenoxy) is 1. The molecule has 6 nitrogen and oxygen atoms in total. The summed E-state index contributed by atoms with van der Waals surface area (Å²) in [6, 6.07) is -1.33. The van der Waals surface area contributed by atoms with Crippen LogP contribution in [0.1, 0.15) is 40.0 Å². The molecule has 0 radical (unpaired) electrons. The maximum absolute atomic E-state index is 11.9. The lowest BCUT2D eigenvalue weighted by atomic mass is 9.86. The molecule has 0 aliphatic carbocycles. The maximum Gasteiger partial charge on any atom is 0.328 e. The molecule has 5 N–H and O–H groups in total. The Morgan fingerprint density at radius 3 is 2.26 bits per heavy atom. The van der Waals surface area contributed by atoms with Crippen molar-refractivity contribution in [2.24, 2.45) is 16.9 Å². The summed E-state index contributed by atoms with van der Waals surface area (Å²) < 4.78 is 4.71. The first-order chi connectivity index (χ1) is 8.73. The lowest BCUT2D eigenvalue weighted by molar-refractivity contribution is -0.148. The van der Waals surface area contributed by atoms with E-state index in [9.17, 15) is 9.59 Å². The molecule has 0 aliphatic rings. The summed E-state index contributed by atoms with van der Waals surface area (Å²) in [5.74, 6) is -0.794. The number of nitrogens with one attached hydrogen (secondary N) is 1. The summed E-state index contributed by atoms with van der Waals surface area (Å²) in [5.41, 5.74) is 10.7. The van der Waals surface area contributed by atoms with Crippen LogP contribution in [0.15, 0.2) is 0 Å². The van der Waals surface area contributed by atoms with Gasteiger partial charge in [-0.3, -0.25) is 4.79 Å². The second-order valence-corrected chi connectivity index (χ2v) is 5.72. The highest BCUT2D eigenvalue weighted by Crippen LogP contribution is 2.20. The Balaban J connectivity index is 4.51. The highest BCUT2D eigenvalue weighted by Gasteiger charge is 2.34. The van der Waals surface area contributed by atoms with Gasteiger partial charge >= 0.3 is 5.97 Å². The molecule has 112 valence electrons. The Kier molecular flexibility index (Phi) is 7.63. The van der Waals surface area contributed by atoms with Gasteiger partial charge in [0.2, 0.25) is 5.91 Å². The van der Waals surface area contributed by atoms with Crippen LogP contribution in [0.2, 0.25) is 0 Å². The second-order valence-electron chi connectivity index (χ2n) is 5.72. The Morgan fingerprint density at radius 1 is 1.26 bits per heavy atom. The monoisotopic (exact) mass is 273 g/mol. The Labute approximate surface area is 115 Å². The van der Waals surface area contributed by atoms with Gasteiger partial charge in [0.1, 0.15) is 6.04 Å². The second kappa shape index (κ2) is 8.12. The van der Waals surface area contributed by atoms with E-state index in [0.29, 0.717) is 13.0 Å². The molecule has 0 rings (SSSR count). The zero-order valence-electron chi connectivity index (χ0n) is 12.4. The fraction of sp³-hybridized carbons (Fsp3) is 0.846. The molecular formula is C13H27N3O3. The standard InChI is InChI=1S/C13H27N3O3/c1-13(2,3)10(12(18)19-4)16-11(17)9(15)7-5-6-8-14/h9-10H,5-8,14-15H2,1-4H3,(H,16,17)/t9-,10+/m0/s1. The number of esters is 1. The highest BCUT2D eigenvalue weighted by atomic mass is 16.5. The normalized spacial score (nSPS) is 14.6. The quantitative estimate of drug-likeness (QED) is 0.452. The van der Waals surface area contributed by atoms with Crippen LogP contribution in [0.25, 0.3) is 0 Å². The number of unbranched alkanes of at least 4 members (excludes halogenated alkanes) is 1. The van der Waals surface area contributed by atoms with Crippen LogP contribution in [0.5, 0.6) is 0 Å². The third-order valence-electron chi connectivity index (χ3n) is 2.90. The Bertz CT molecular complexity index is 300. The fourth-order valence-corrected chi connectivity index (χ4v) is 1.64. The van der Waals surface area contributed by atoms with Crippen molar-refractivity contribution in [1.82, 2.24) is 5.32 Å². The first kappa shape index (κ1) is 17.9. The van der Waals surface area contributed by atoms with E-state index in [-0.39, 0.29) is 5.91 Å². The molecule has 0 saturated carbocycles. The molecule has 0 aliphatic heterocycles. The number of carbonyl (C=O) groups is 2. The third kappa shape index (κ3) is 6.54. The van der Waals surface area contributed by atoms with Crippen molar-refractivity contribution in [3.8, 4) is 0 Å². The molecule has 0 heterocycles. The first-order valence-corrected chi connectivity index (χ1v) is 6.58. The number of nitrogens with two attached hydrogens (primary N) is 2. The van der Waals surface area contributed by atoms with Gasteiger partial charge in [0.15, 0.2) is 0 Å². The fourth-order valence-electron chi connectivity index (χ4n) is 1.64. The van der Waals surface area contributed by atoms with E-state index in [1.807, 2.05) is 20.8 Å². The van der Waals surface area contributed by atoms with Crippen LogP contribution in [0, 0.1) is 5.41 Å². The van der Waals surface area contributed by atoms with Crippen LogP contribution < -0.4 is 16.8 Å². The lowest BCUT2D eigenvalue weighted by Gasteiger charge is -2.29. The number of amides is 1. The molecule has 0 unspecified atom stereocenters. The van der Waals surface area contributed by atoms with E-state index in [1.165, 1.54) is 7.11 Å². The molecule has 0 bridgehead atoms. The van der Waals surface area contributed by atoms with E-state index in [1.54, 1.807) is 0 Å². The minimum absolute atomic E-state index is 0.331. The van der Waals surface area contributed by atoms with Crippen LogP contribution >= 0.6 is 0 Å². The molecule has 0 fully saturated rings. The van der Waals surface area contributed by atoms with Gasteiger partial charge in [-0.2, -0.15) is 0 Å². The van der Waals surface area contributed by atoms with Crippen molar-refractivity contribution in [2.45, 2.75) is 52.1 Å². The van der Waals surface area contributed by atoms with Crippen LogP contribution in [0.3, 0.4) is 0 Å². The summed E-state index contributed by atoms with van der Waals surface area (Å²) >= 11 is 0. The topological polar surface area (TPSA) is 107 Å². The van der Waals surface area contributed by atoms with E-state index in [0.717, 1.165) is 12.8 Å². The van der Waals surface area contributed by atoms with Crippen molar-refractivity contribution in [3.63, 3.8) is 0 Å². The Morgan fingerprint density at radius 2 is 1.84 bits per heavy atom. The van der Waals surface area contributed by atoms with E-state index in [2.05, 4.69) is 5.32 Å². The lowest BCUT2D eigenvalue weighted by Crippen LogP contribution is -2.54. The molecule has 0 saturated heterocycles. The van der Waals surface area contributed by atoms with Crippen LogP contribution in [-0.2, 0) is 14.3 Å². The molecule has 19 heavy (non-hydrogen) atoms. The molecule has 6 heteroatoms. The predicted octanol–water partition coefficient (Wildman–Crippen LogP) is 0.147. The van der Waals surface area contributed by atoms with Crippen LogP contribution in [0.4, 0.5) is 0 Å². The smallest absolute Gasteiger partial charge is 0.328 e. The largest absolute Gasteiger partial charge is 0.467 e. The van der Waals surface area contributed by atoms with E-state index >= 15 is 0 Å². The van der Waals surface area contributed by atoms with Gasteiger partial charge in [0.05, 0.1) is 13.2 Å². The molecule has 2 atom stereocenters. The number of hydrogen-bond acceptors (Lipinski definition) is 5. The van der Waals surface area contributed by atoms with Gasteiger partial charge in [0, 0.05) is 0 Å². The average Bonchev–Trinajstić information content (AvgIpc) is 2.33. The van der Waals surface area contributed by atoms with E-state index < -0.39 is 23.5 Å². The summed E-state index contributed by atoms with van der Waals surface area (Å²) in [7, 11) is 1.30. The van der Waals surface area contributed by atoms with Crippen molar-refractivity contribution in [3.05, 3.63) is 0 Å². The molecule has 0 spiro atoms. The molecule has 0 aromatic heterocycles. The zero-order valence-corrected chi connectivity index (χ0v) is 12.4. The minimum Gasteiger partial charge on any atom is -0.467 e. The van der Waals surface area contributed by atoms with Gasteiger partial charge in [-0.05, 0) is 24.8 Å².